The Kier molecular flexibility index (Phi) is 5.42. The standard InChI is InChI=1S/C15H12F3N3O3S/c1-24-13-8-11(21(22)23)5-6-12(13)20-14(25)19-10-4-2-3-9(7-10)15(16,17)18/h2-8H,1H3,(H2,19,20,25). The first-order valence-electron chi connectivity index (χ1n) is 6.78. The number of nitro benzene ring substituents is 1. The van der Waals surface area contributed by atoms with E-state index in [2.05, 4.69) is 10.6 Å². The maximum absolute atomic E-state index is 12.7. The Morgan fingerprint density at radius 1 is 1.20 bits per heavy atom. The SMILES string of the molecule is COc1cc([N+](=O)[O-])ccc1NC(=S)Nc1cccc(C(F)(F)F)c1. The van der Waals surface area contributed by atoms with Crippen LogP contribution in [0.25, 0.3) is 0 Å². The van der Waals surface area contributed by atoms with Crippen LogP contribution in [0.15, 0.2) is 42.5 Å². The van der Waals surface area contributed by atoms with Gasteiger partial charge in [-0.25, -0.2) is 0 Å². The van der Waals surface area contributed by atoms with Crippen molar-refractivity contribution in [2.45, 2.75) is 6.18 Å². The Balaban J connectivity index is 2.14. The van der Waals surface area contributed by atoms with Crippen molar-refractivity contribution in [2.75, 3.05) is 17.7 Å². The van der Waals surface area contributed by atoms with Crippen molar-refractivity contribution >= 4 is 34.4 Å². The Hall–Kier alpha value is -2.88. The number of thiocarbonyl (C=S) groups is 1. The molecule has 0 aromatic heterocycles. The lowest BCUT2D eigenvalue weighted by atomic mass is 10.2. The average molecular weight is 371 g/mol. The van der Waals surface area contributed by atoms with Gasteiger partial charge >= 0.3 is 6.18 Å². The van der Waals surface area contributed by atoms with E-state index < -0.39 is 16.7 Å². The zero-order chi connectivity index (χ0) is 18.6. The minimum Gasteiger partial charge on any atom is -0.494 e. The molecule has 0 heterocycles. The summed E-state index contributed by atoms with van der Waals surface area (Å²) in [6, 6.07) is 8.38. The van der Waals surface area contributed by atoms with Crippen LogP contribution in [0, 0.1) is 10.1 Å². The normalized spacial score (nSPS) is 10.9. The van der Waals surface area contributed by atoms with E-state index in [1.54, 1.807) is 0 Å². The van der Waals surface area contributed by atoms with Crippen LogP contribution in [0.5, 0.6) is 5.75 Å². The molecule has 2 rings (SSSR count). The summed E-state index contributed by atoms with van der Waals surface area (Å²) in [5.74, 6) is 0.169. The predicted octanol–water partition coefficient (Wildman–Crippen LogP) is 4.43. The molecule has 2 aromatic carbocycles. The molecule has 0 saturated carbocycles. The summed E-state index contributed by atoms with van der Waals surface area (Å²) in [5.41, 5.74) is -0.502. The number of non-ortho nitro benzene ring substituents is 1. The minimum absolute atomic E-state index is 0.00600. The van der Waals surface area contributed by atoms with Crippen molar-refractivity contribution in [1.29, 1.82) is 0 Å². The van der Waals surface area contributed by atoms with Crippen LogP contribution in [0.4, 0.5) is 30.2 Å². The maximum atomic E-state index is 12.7. The highest BCUT2D eigenvalue weighted by atomic mass is 32.1. The monoisotopic (exact) mass is 371 g/mol. The summed E-state index contributed by atoms with van der Waals surface area (Å²) in [4.78, 5) is 10.2. The van der Waals surface area contributed by atoms with Crippen molar-refractivity contribution in [2.24, 2.45) is 0 Å². The van der Waals surface area contributed by atoms with Crippen LogP contribution < -0.4 is 15.4 Å². The lowest BCUT2D eigenvalue weighted by Crippen LogP contribution is -2.20. The summed E-state index contributed by atoms with van der Waals surface area (Å²) >= 11 is 5.05. The second-order valence-electron chi connectivity index (χ2n) is 4.80. The highest BCUT2D eigenvalue weighted by Gasteiger charge is 2.30. The van der Waals surface area contributed by atoms with E-state index in [0.29, 0.717) is 5.69 Å². The van der Waals surface area contributed by atoms with Crippen molar-refractivity contribution < 1.29 is 22.8 Å². The zero-order valence-corrected chi connectivity index (χ0v) is 13.6. The van der Waals surface area contributed by atoms with E-state index in [4.69, 9.17) is 17.0 Å². The number of anilines is 2. The van der Waals surface area contributed by atoms with E-state index in [-0.39, 0.29) is 22.2 Å². The highest BCUT2D eigenvalue weighted by molar-refractivity contribution is 7.80. The smallest absolute Gasteiger partial charge is 0.416 e. The maximum Gasteiger partial charge on any atom is 0.416 e. The molecule has 132 valence electrons. The number of nitro groups is 1. The summed E-state index contributed by atoms with van der Waals surface area (Å²) in [5, 5.41) is 16.1. The molecule has 0 spiro atoms. The molecule has 2 aromatic rings. The number of rotatable bonds is 4. The molecular formula is C15H12F3N3O3S. The number of halogens is 3. The number of benzene rings is 2. The van der Waals surface area contributed by atoms with Gasteiger partial charge in [-0.1, -0.05) is 6.07 Å². The lowest BCUT2D eigenvalue weighted by molar-refractivity contribution is -0.384. The molecule has 0 amide bonds. The number of hydrogen-bond acceptors (Lipinski definition) is 4. The molecule has 0 aliphatic carbocycles. The van der Waals surface area contributed by atoms with Gasteiger partial charge in [-0.15, -0.1) is 0 Å². The number of nitrogens with one attached hydrogen (secondary N) is 2. The quantitative estimate of drug-likeness (QED) is 0.470. The van der Waals surface area contributed by atoms with Gasteiger partial charge in [0.2, 0.25) is 0 Å². The van der Waals surface area contributed by atoms with Gasteiger partial charge in [-0.05, 0) is 36.5 Å². The number of ether oxygens (including phenoxy) is 1. The number of nitrogens with zero attached hydrogens (tertiary/aromatic N) is 1. The van der Waals surface area contributed by atoms with Gasteiger partial charge in [0.1, 0.15) is 5.75 Å². The van der Waals surface area contributed by atoms with Gasteiger partial charge in [0.15, 0.2) is 5.11 Å². The first-order valence-corrected chi connectivity index (χ1v) is 7.19. The third-order valence-corrected chi connectivity index (χ3v) is 3.30. The van der Waals surface area contributed by atoms with Crippen molar-refractivity contribution in [1.82, 2.24) is 0 Å². The van der Waals surface area contributed by atoms with E-state index in [0.717, 1.165) is 12.1 Å². The van der Waals surface area contributed by atoms with E-state index in [1.807, 2.05) is 0 Å². The number of hydrogen-bond donors (Lipinski definition) is 2. The average Bonchev–Trinajstić information content (AvgIpc) is 2.54. The van der Waals surface area contributed by atoms with Crippen LogP contribution in [0.1, 0.15) is 5.56 Å². The molecule has 10 heteroatoms. The lowest BCUT2D eigenvalue weighted by Gasteiger charge is -2.14. The Morgan fingerprint density at radius 2 is 1.92 bits per heavy atom. The molecular weight excluding hydrogens is 359 g/mol. The Labute approximate surface area is 145 Å². The van der Waals surface area contributed by atoms with Gasteiger partial charge in [0.25, 0.3) is 5.69 Å². The van der Waals surface area contributed by atoms with Crippen LogP contribution in [-0.4, -0.2) is 17.1 Å². The predicted molar refractivity (Wildman–Crippen MR) is 90.9 cm³/mol. The van der Waals surface area contributed by atoms with E-state index in [1.165, 1.54) is 37.4 Å². The number of methoxy groups -OCH3 is 1. The van der Waals surface area contributed by atoms with Crippen LogP contribution in [0.3, 0.4) is 0 Å². The van der Waals surface area contributed by atoms with E-state index in [9.17, 15) is 23.3 Å². The molecule has 0 aliphatic rings. The molecule has 0 atom stereocenters. The molecule has 0 saturated heterocycles. The molecule has 2 N–H and O–H groups in total. The largest absolute Gasteiger partial charge is 0.494 e. The second kappa shape index (κ2) is 7.34. The van der Waals surface area contributed by atoms with Gasteiger partial charge in [-0.3, -0.25) is 10.1 Å². The first kappa shape index (κ1) is 18.5. The minimum atomic E-state index is -4.46. The molecule has 0 aliphatic heterocycles. The van der Waals surface area contributed by atoms with Gasteiger partial charge in [0, 0.05) is 11.8 Å². The first-order chi connectivity index (χ1) is 11.7. The van der Waals surface area contributed by atoms with Crippen molar-refractivity contribution in [3.8, 4) is 5.75 Å². The van der Waals surface area contributed by atoms with Crippen LogP contribution in [0.2, 0.25) is 0 Å². The van der Waals surface area contributed by atoms with Crippen LogP contribution in [-0.2, 0) is 6.18 Å². The topological polar surface area (TPSA) is 76.4 Å². The zero-order valence-electron chi connectivity index (χ0n) is 12.8. The fourth-order valence-electron chi connectivity index (χ4n) is 1.95. The highest BCUT2D eigenvalue weighted by Crippen LogP contribution is 2.31. The molecule has 0 fully saturated rings. The third kappa shape index (κ3) is 4.80. The molecule has 6 nitrogen and oxygen atoms in total. The second-order valence-corrected chi connectivity index (χ2v) is 5.21. The fourth-order valence-corrected chi connectivity index (χ4v) is 2.18. The Bertz CT molecular complexity index is 812. The van der Waals surface area contributed by atoms with Gasteiger partial charge in [-0.2, -0.15) is 13.2 Å². The van der Waals surface area contributed by atoms with Gasteiger partial charge in [0.05, 0.1) is 29.4 Å². The fraction of sp³-hybridized carbons (Fsp3) is 0.133. The summed E-state index contributed by atoms with van der Waals surface area (Å²) in [6.45, 7) is 0. The molecule has 0 unspecified atom stereocenters. The summed E-state index contributed by atoms with van der Waals surface area (Å²) in [6.07, 6.45) is -4.46. The molecule has 0 bridgehead atoms. The third-order valence-electron chi connectivity index (χ3n) is 3.09. The Morgan fingerprint density at radius 3 is 2.52 bits per heavy atom. The number of alkyl halides is 3. The summed E-state index contributed by atoms with van der Waals surface area (Å²) in [7, 11) is 1.33. The van der Waals surface area contributed by atoms with E-state index >= 15 is 0 Å². The van der Waals surface area contributed by atoms with Crippen LogP contribution >= 0.6 is 12.2 Å². The molecule has 25 heavy (non-hydrogen) atoms. The van der Waals surface area contributed by atoms with Crippen molar-refractivity contribution in [3.63, 3.8) is 0 Å². The van der Waals surface area contributed by atoms with Gasteiger partial charge < -0.3 is 15.4 Å². The van der Waals surface area contributed by atoms with Crippen molar-refractivity contribution in [3.05, 3.63) is 58.1 Å². The molecule has 0 radical (unpaired) electrons. The summed E-state index contributed by atoms with van der Waals surface area (Å²) < 4.78 is 43.2.